The van der Waals surface area contributed by atoms with Crippen LogP contribution in [0.5, 0.6) is 0 Å². The molecule has 0 saturated carbocycles. The van der Waals surface area contributed by atoms with Crippen molar-refractivity contribution in [2.75, 3.05) is 0 Å². The number of hydrogen-bond donors (Lipinski definition) is 4. The molecule has 5 rings (SSSR count). The van der Waals surface area contributed by atoms with Gasteiger partial charge in [-0.05, 0) is 41.3 Å². The van der Waals surface area contributed by atoms with E-state index in [2.05, 4.69) is 28.8 Å². The molecule has 5 aromatic rings. The Kier molecular flexibility index (Phi) is 3.84. The van der Waals surface area contributed by atoms with Crippen molar-refractivity contribution < 1.29 is 9.90 Å². The molecular formula is C24H21N3O2. The summed E-state index contributed by atoms with van der Waals surface area (Å²) < 4.78 is 0. The van der Waals surface area contributed by atoms with Crippen molar-refractivity contribution in [3.63, 3.8) is 0 Å². The largest absolute Gasteiger partial charge is 0.477 e. The molecule has 0 aliphatic carbocycles. The summed E-state index contributed by atoms with van der Waals surface area (Å²) >= 11 is 0. The minimum Gasteiger partial charge on any atom is -0.477 e. The lowest BCUT2D eigenvalue weighted by atomic mass is 9.89. The average Bonchev–Trinajstić information content (AvgIpc) is 3.43. The summed E-state index contributed by atoms with van der Waals surface area (Å²) in [7, 11) is 0. The molecule has 0 unspecified atom stereocenters. The van der Waals surface area contributed by atoms with Crippen LogP contribution in [0.2, 0.25) is 0 Å². The fourth-order valence-electron chi connectivity index (χ4n) is 4.35. The molecule has 3 heterocycles. The zero-order valence-electron chi connectivity index (χ0n) is 16.2. The third-order valence-corrected chi connectivity index (χ3v) is 5.56. The van der Waals surface area contributed by atoms with Crippen LogP contribution in [-0.4, -0.2) is 26.0 Å². The Morgan fingerprint density at radius 2 is 1.45 bits per heavy atom. The van der Waals surface area contributed by atoms with Crippen LogP contribution < -0.4 is 0 Å². The second kappa shape index (κ2) is 6.41. The highest BCUT2D eigenvalue weighted by atomic mass is 16.4. The lowest BCUT2D eigenvalue weighted by molar-refractivity contribution is 0.0692. The van der Waals surface area contributed by atoms with Gasteiger partial charge in [0, 0.05) is 45.3 Å². The molecule has 29 heavy (non-hydrogen) atoms. The summed E-state index contributed by atoms with van der Waals surface area (Å²) in [5, 5.41) is 12.1. The van der Waals surface area contributed by atoms with Crippen LogP contribution in [-0.2, 0) is 0 Å². The molecule has 0 saturated heterocycles. The summed E-state index contributed by atoms with van der Waals surface area (Å²) in [6, 6.07) is 16.1. The van der Waals surface area contributed by atoms with Crippen molar-refractivity contribution in [2.45, 2.75) is 19.8 Å². The molecule has 0 bridgehead atoms. The van der Waals surface area contributed by atoms with E-state index in [1.54, 1.807) is 0 Å². The summed E-state index contributed by atoms with van der Waals surface area (Å²) in [5.41, 5.74) is 6.82. The molecule has 0 atom stereocenters. The zero-order chi connectivity index (χ0) is 20.1. The Morgan fingerprint density at radius 3 is 2.03 bits per heavy atom. The number of rotatable bonds is 4. The predicted octanol–water partition coefficient (Wildman–Crippen LogP) is 6.13. The summed E-state index contributed by atoms with van der Waals surface area (Å²) in [6.07, 6.45) is 3.80. The van der Waals surface area contributed by atoms with Crippen molar-refractivity contribution in [2.24, 2.45) is 0 Å². The number of aromatic nitrogens is 3. The molecule has 0 spiro atoms. The predicted molar refractivity (Wildman–Crippen MR) is 116 cm³/mol. The molecule has 0 aliphatic rings. The number of aromatic carboxylic acids is 1. The SMILES string of the molecule is CC(C)c1c(-c2cccc3[nH]ccc23)[nH]c(C(=O)O)c1-c1cccc2[nH]ccc12. The van der Waals surface area contributed by atoms with Gasteiger partial charge in [0.05, 0.1) is 5.69 Å². The quantitative estimate of drug-likeness (QED) is 0.301. The molecule has 0 amide bonds. The Balaban J connectivity index is 1.90. The first kappa shape index (κ1) is 17.4. The highest BCUT2D eigenvalue weighted by Crippen LogP contribution is 2.43. The number of benzene rings is 2. The van der Waals surface area contributed by atoms with Gasteiger partial charge in [-0.15, -0.1) is 0 Å². The van der Waals surface area contributed by atoms with Gasteiger partial charge >= 0.3 is 5.97 Å². The van der Waals surface area contributed by atoms with Gasteiger partial charge in [0.1, 0.15) is 5.69 Å². The number of carboxylic acids is 1. The Labute approximate surface area is 167 Å². The first-order valence-corrected chi connectivity index (χ1v) is 9.68. The number of nitrogens with one attached hydrogen (secondary N) is 3. The molecule has 3 aromatic heterocycles. The molecule has 144 valence electrons. The molecule has 0 fully saturated rings. The number of aromatic amines is 3. The fourth-order valence-corrected chi connectivity index (χ4v) is 4.35. The van der Waals surface area contributed by atoms with Crippen LogP contribution in [0, 0.1) is 0 Å². The van der Waals surface area contributed by atoms with Gasteiger partial charge in [-0.25, -0.2) is 4.79 Å². The van der Waals surface area contributed by atoms with Crippen LogP contribution in [0.3, 0.4) is 0 Å². The van der Waals surface area contributed by atoms with Gasteiger partial charge in [0.15, 0.2) is 0 Å². The van der Waals surface area contributed by atoms with Gasteiger partial charge in [-0.3, -0.25) is 0 Å². The molecule has 4 N–H and O–H groups in total. The Hall–Kier alpha value is -3.73. The first-order valence-electron chi connectivity index (χ1n) is 9.68. The maximum Gasteiger partial charge on any atom is 0.352 e. The van der Waals surface area contributed by atoms with E-state index in [-0.39, 0.29) is 11.6 Å². The third-order valence-electron chi connectivity index (χ3n) is 5.56. The fraction of sp³-hybridized carbons (Fsp3) is 0.125. The maximum atomic E-state index is 12.3. The van der Waals surface area contributed by atoms with E-state index in [0.717, 1.165) is 49.8 Å². The highest BCUT2D eigenvalue weighted by molar-refractivity contribution is 6.06. The molecule has 5 nitrogen and oxygen atoms in total. The lowest BCUT2D eigenvalue weighted by Crippen LogP contribution is -2.00. The van der Waals surface area contributed by atoms with E-state index in [0.29, 0.717) is 0 Å². The van der Waals surface area contributed by atoms with Gasteiger partial charge in [-0.1, -0.05) is 38.1 Å². The highest BCUT2D eigenvalue weighted by Gasteiger charge is 2.27. The van der Waals surface area contributed by atoms with Crippen LogP contribution in [0.25, 0.3) is 44.2 Å². The third kappa shape index (κ3) is 2.58. The van der Waals surface area contributed by atoms with Gasteiger partial charge in [0.25, 0.3) is 0 Å². The van der Waals surface area contributed by atoms with Gasteiger partial charge in [-0.2, -0.15) is 0 Å². The van der Waals surface area contributed by atoms with Gasteiger partial charge in [0.2, 0.25) is 0 Å². The average molecular weight is 383 g/mol. The minimum atomic E-state index is -0.957. The van der Waals surface area contributed by atoms with E-state index >= 15 is 0 Å². The standard InChI is InChI=1S/C24H21N3O2/c1-13(2)20-21(16-5-3-7-18-14(16)9-11-25-18)23(24(28)29)27-22(20)17-6-4-8-19-15(17)10-12-26-19/h3-13,25-27H,1-2H3,(H,28,29). The van der Waals surface area contributed by atoms with Crippen LogP contribution in [0.1, 0.15) is 35.8 Å². The summed E-state index contributed by atoms with van der Waals surface area (Å²) in [4.78, 5) is 22.0. The van der Waals surface area contributed by atoms with E-state index in [1.165, 1.54) is 0 Å². The second-order valence-corrected chi connectivity index (χ2v) is 7.61. The minimum absolute atomic E-state index is 0.132. The summed E-state index contributed by atoms with van der Waals surface area (Å²) in [5.74, 6) is -0.824. The van der Waals surface area contributed by atoms with Crippen molar-refractivity contribution in [1.82, 2.24) is 15.0 Å². The van der Waals surface area contributed by atoms with E-state index in [4.69, 9.17) is 0 Å². The maximum absolute atomic E-state index is 12.3. The van der Waals surface area contributed by atoms with Gasteiger partial charge < -0.3 is 20.1 Å². The van der Waals surface area contributed by atoms with Crippen molar-refractivity contribution >= 4 is 27.8 Å². The Bertz CT molecular complexity index is 1370. The number of carbonyl (C=O) groups is 1. The van der Waals surface area contributed by atoms with E-state index < -0.39 is 5.97 Å². The zero-order valence-corrected chi connectivity index (χ0v) is 16.2. The topological polar surface area (TPSA) is 84.7 Å². The number of fused-ring (bicyclic) bond motifs is 2. The van der Waals surface area contributed by atoms with Crippen LogP contribution in [0.15, 0.2) is 60.9 Å². The van der Waals surface area contributed by atoms with Crippen molar-refractivity contribution in [3.8, 4) is 22.4 Å². The van der Waals surface area contributed by atoms with Crippen molar-refractivity contribution in [1.29, 1.82) is 0 Å². The van der Waals surface area contributed by atoms with E-state index in [9.17, 15) is 9.90 Å². The molecule has 2 aromatic carbocycles. The summed E-state index contributed by atoms with van der Waals surface area (Å²) in [6.45, 7) is 4.21. The smallest absolute Gasteiger partial charge is 0.352 e. The van der Waals surface area contributed by atoms with E-state index in [1.807, 2.05) is 60.9 Å². The lowest BCUT2D eigenvalue weighted by Gasteiger charge is -2.13. The number of hydrogen-bond acceptors (Lipinski definition) is 1. The number of carboxylic acid groups (broad SMARTS) is 1. The normalized spacial score (nSPS) is 11.7. The van der Waals surface area contributed by atoms with Crippen LogP contribution in [0.4, 0.5) is 0 Å². The molecule has 0 aliphatic heterocycles. The number of H-pyrrole nitrogens is 3. The first-order chi connectivity index (χ1) is 14.1. The molecule has 5 heteroatoms. The Morgan fingerprint density at radius 1 is 0.862 bits per heavy atom. The monoisotopic (exact) mass is 383 g/mol. The van der Waals surface area contributed by atoms with Crippen molar-refractivity contribution in [3.05, 3.63) is 72.2 Å². The second-order valence-electron chi connectivity index (χ2n) is 7.61. The van der Waals surface area contributed by atoms with Crippen LogP contribution >= 0.6 is 0 Å². The molecule has 0 radical (unpaired) electrons. The molecular weight excluding hydrogens is 362 g/mol.